The quantitative estimate of drug-likeness (QED) is 0.885. The van der Waals surface area contributed by atoms with E-state index in [1.165, 1.54) is 0 Å². The highest BCUT2D eigenvalue weighted by Gasteiger charge is 2.23. The van der Waals surface area contributed by atoms with Crippen LogP contribution >= 0.6 is 12.4 Å². The molecule has 0 saturated heterocycles. The number of nitrogens with zero attached hydrogens (tertiary/aromatic N) is 2. The molecule has 120 valence electrons. The molecule has 1 aromatic rings. The molecular weight excluding hydrogens is 314 g/mol. The minimum atomic E-state index is -0.315. The van der Waals surface area contributed by atoms with Crippen molar-refractivity contribution >= 4 is 35.5 Å². The van der Waals surface area contributed by atoms with Crippen molar-refractivity contribution in [3.8, 4) is 0 Å². The van der Waals surface area contributed by atoms with Crippen LogP contribution in [-0.4, -0.2) is 37.4 Å². The molecule has 6 heteroatoms. The van der Waals surface area contributed by atoms with Crippen LogP contribution in [0.5, 0.6) is 0 Å². The van der Waals surface area contributed by atoms with Gasteiger partial charge in [0.05, 0.1) is 17.8 Å². The maximum atomic E-state index is 12.0. The molecular formula is C17H18ClN3O2. The van der Waals surface area contributed by atoms with Gasteiger partial charge in [0.2, 0.25) is 5.91 Å². The van der Waals surface area contributed by atoms with Gasteiger partial charge in [0.25, 0.3) is 5.91 Å². The number of carbonyl (C=O) groups excluding carboxylic acids is 2. The van der Waals surface area contributed by atoms with Gasteiger partial charge in [-0.15, -0.1) is 12.4 Å². The lowest BCUT2D eigenvalue weighted by molar-refractivity contribution is -0.119. The molecule has 0 radical (unpaired) electrons. The summed E-state index contributed by atoms with van der Waals surface area (Å²) in [6, 6.07) is 5.42. The zero-order valence-corrected chi connectivity index (χ0v) is 13.8. The van der Waals surface area contributed by atoms with Gasteiger partial charge in [0, 0.05) is 10.9 Å². The number of amides is 2. The number of allylic oxidation sites excluding steroid dienone is 3. The van der Waals surface area contributed by atoms with Gasteiger partial charge in [-0.25, -0.2) is 4.99 Å². The Morgan fingerprint density at radius 1 is 1.30 bits per heavy atom. The summed E-state index contributed by atoms with van der Waals surface area (Å²) >= 11 is 0. The van der Waals surface area contributed by atoms with E-state index in [1.54, 1.807) is 17.0 Å². The molecule has 2 aliphatic rings. The fourth-order valence-electron chi connectivity index (χ4n) is 2.63. The Bertz CT molecular complexity index is 825. The smallest absolute Gasteiger partial charge is 0.257 e. The molecule has 0 fully saturated rings. The lowest BCUT2D eigenvalue weighted by Gasteiger charge is -2.17. The molecule has 0 spiro atoms. The molecule has 5 nitrogen and oxygen atoms in total. The van der Waals surface area contributed by atoms with E-state index in [0.29, 0.717) is 17.6 Å². The van der Waals surface area contributed by atoms with Crippen molar-refractivity contribution in [3.05, 3.63) is 53.1 Å². The predicted molar refractivity (Wildman–Crippen MR) is 91.8 cm³/mol. The van der Waals surface area contributed by atoms with Crippen molar-refractivity contribution < 1.29 is 9.59 Å². The van der Waals surface area contributed by atoms with Crippen LogP contribution in [0.15, 0.2) is 47.5 Å². The Labute approximate surface area is 140 Å². The van der Waals surface area contributed by atoms with Gasteiger partial charge in [0.15, 0.2) is 0 Å². The molecule has 1 atom stereocenters. The molecule has 1 heterocycles. The fourth-order valence-corrected chi connectivity index (χ4v) is 2.63. The summed E-state index contributed by atoms with van der Waals surface area (Å²) in [5, 5.41) is 4.42. The van der Waals surface area contributed by atoms with E-state index in [4.69, 9.17) is 0 Å². The van der Waals surface area contributed by atoms with Crippen molar-refractivity contribution in [3.63, 3.8) is 0 Å². The second-order valence-electron chi connectivity index (χ2n) is 5.64. The van der Waals surface area contributed by atoms with Crippen molar-refractivity contribution in [1.82, 2.24) is 4.90 Å². The average Bonchev–Trinajstić information content (AvgIpc) is 2.47. The summed E-state index contributed by atoms with van der Waals surface area (Å²) in [5.41, 5.74) is 1.64. The monoisotopic (exact) mass is 331 g/mol. The van der Waals surface area contributed by atoms with Gasteiger partial charge in [-0.05, 0) is 37.9 Å². The highest BCUT2D eigenvalue weighted by molar-refractivity contribution is 5.95. The largest absolute Gasteiger partial charge is 0.325 e. The number of hydrogen-bond acceptors (Lipinski definition) is 3. The highest BCUT2D eigenvalue weighted by atomic mass is 35.5. The molecule has 2 amide bonds. The van der Waals surface area contributed by atoms with Crippen LogP contribution in [0.4, 0.5) is 5.69 Å². The number of fused-ring (bicyclic) bond motifs is 2. The first kappa shape index (κ1) is 17.1. The predicted octanol–water partition coefficient (Wildman–Crippen LogP) is 0.661. The van der Waals surface area contributed by atoms with Crippen LogP contribution in [-0.2, 0) is 9.59 Å². The summed E-state index contributed by atoms with van der Waals surface area (Å²) in [7, 11) is 3.69. The van der Waals surface area contributed by atoms with Crippen molar-refractivity contribution in [2.45, 2.75) is 0 Å². The zero-order valence-electron chi connectivity index (χ0n) is 12.9. The van der Waals surface area contributed by atoms with Crippen molar-refractivity contribution in [1.29, 1.82) is 0 Å². The van der Waals surface area contributed by atoms with E-state index in [2.05, 4.69) is 10.3 Å². The second kappa shape index (κ2) is 6.89. The Kier molecular flexibility index (Phi) is 5.13. The van der Waals surface area contributed by atoms with E-state index in [9.17, 15) is 9.59 Å². The Balaban J connectivity index is 0.00000192. The van der Waals surface area contributed by atoms with Crippen LogP contribution in [0.25, 0.3) is 5.57 Å². The van der Waals surface area contributed by atoms with E-state index in [-0.39, 0.29) is 30.1 Å². The van der Waals surface area contributed by atoms with Crippen molar-refractivity contribution in [2.75, 3.05) is 26.0 Å². The number of nitrogens with one attached hydrogen (secondary N) is 1. The summed E-state index contributed by atoms with van der Waals surface area (Å²) in [6.45, 7) is 0.321. The fraction of sp³-hybridized carbons (Fsp3) is 0.235. The Hall–Kier alpha value is -2.24. The molecule has 23 heavy (non-hydrogen) atoms. The topological polar surface area (TPSA) is 61.8 Å². The molecule has 0 bridgehead atoms. The molecule has 1 aromatic carbocycles. The number of hydrogen-bond donors (Lipinski definition) is 1. The standard InChI is InChI=1S/C17H17N3O2.ClH/c1-20(2)10-16(21)18-11-7-8-15-14(9-11)12-5-3-4-6-13(12)17(22)19-15;/h3-9,13H,10H2,1-2H3,(H,18,21);1H. The highest BCUT2D eigenvalue weighted by Crippen LogP contribution is 2.21. The molecule has 0 saturated carbocycles. The first-order valence-electron chi connectivity index (χ1n) is 7.11. The van der Waals surface area contributed by atoms with Gasteiger partial charge in [-0.1, -0.05) is 24.3 Å². The molecule has 1 aliphatic heterocycles. The Morgan fingerprint density at radius 3 is 2.83 bits per heavy atom. The van der Waals surface area contributed by atoms with Gasteiger partial charge >= 0.3 is 0 Å². The van der Waals surface area contributed by atoms with Crippen LogP contribution in [0, 0.1) is 5.92 Å². The Morgan fingerprint density at radius 2 is 2.09 bits per heavy atom. The van der Waals surface area contributed by atoms with Gasteiger partial charge in [-0.2, -0.15) is 0 Å². The maximum absolute atomic E-state index is 12.0. The molecule has 0 aromatic heterocycles. The van der Waals surface area contributed by atoms with Crippen LogP contribution in [0.1, 0.15) is 0 Å². The number of carbonyl (C=O) groups is 2. The summed E-state index contributed by atoms with van der Waals surface area (Å²) in [4.78, 5) is 29.8. The summed E-state index contributed by atoms with van der Waals surface area (Å²) in [6.07, 6.45) is 7.55. The number of anilines is 1. The third-order valence-corrected chi connectivity index (χ3v) is 3.57. The van der Waals surface area contributed by atoms with E-state index in [0.717, 1.165) is 10.8 Å². The minimum absolute atomic E-state index is 0. The average molecular weight is 332 g/mol. The molecule has 1 unspecified atom stereocenters. The molecule has 3 rings (SSSR count). The SMILES string of the molecule is CN(C)CC(=O)Nc1ccc2c(c1)=C1C=CC=CC1C(=O)N=2.Cl. The number of halogens is 1. The molecule has 1 N–H and O–H groups in total. The second-order valence-corrected chi connectivity index (χ2v) is 5.64. The third-order valence-electron chi connectivity index (χ3n) is 3.57. The van der Waals surface area contributed by atoms with E-state index < -0.39 is 0 Å². The minimum Gasteiger partial charge on any atom is -0.325 e. The normalized spacial score (nSPS) is 18.0. The lowest BCUT2D eigenvalue weighted by Crippen LogP contribution is -2.37. The first-order chi connectivity index (χ1) is 10.5. The van der Waals surface area contributed by atoms with Crippen molar-refractivity contribution in [2.24, 2.45) is 10.9 Å². The maximum Gasteiger partial charge on any atom is 0.257 e. The summed E-state index contributed by atoms with van der Waals surface area (Å²) in [5.74, 6) is -0.535. The summed E-state index contributed by atoms with van der Waals surface area (Å²) < 4.78 is 0. The number of benzene rings is 1. The number of likely N-dealkylation sites (N-methyl/N-ethyl adjacent to an activating group) is 1. The van der Waals surface area contributed by atoms with Gasteiger partial charge in [-0.3, -0.25) is 9.59 Å². The van der Waals surface area contributed by atoms with Gasteiger partial charge < -0.3 is 10.2 Å². The van der Waals surface area contributed by atoms with Crippen LogP contribution < -0.4 is 15.9 Å². The van der Waals surface area contributed by atoms with Gasteiger partial charge in [0.1, 0.15) is 0 Å². The van der Waals surface area contributed by atoms with Crippen LogP contribution in [0.2, 0.25) is 0 Å². The number of rotatable bonds is 3. The van der Waals surface area contributed by atoms with E-state index in [1.807, 2.05) is 44.5 Å². The first-order valence-corrected chi connectivity index (χ1v) is 7.11. The zero-order chi connectivity index (χ0) is 15.7. The molecule has 1 aliphatic carbocycles. The van der Waals surface area contributed by atoms with Crippen LogP contribution in [0.3, 0.4) is 0 Å². The lowest BCUT2D eigenvalue weighted by atomic mass is 9.90. The van der Waals surface area contributed by atoms with E-state index >= 15 is 0 Å². The third kappa shape index (κ3) is 3.57.